The second kappa shape index (κ2) is 8.38. The maximum atomic E-state index is 12.2. The monoisotopic (exact) mass is 333 g/mol. The standard InChI is InChI=1S/C19H27NO4/c21-12-16(8-14-4-2-1-3-5-14)11-20-19(22)10-15-6-7-17-18(9-15)24-13-23-17/h6-7,9,14,16,21H,1-5,8,10-13H2,(H,20,22)/t16-/m1/s1. The average Bonchev–Trinajstić information content (AvgIpc) is 3.07. The molecule has 1 fully saturated rings. The van der Waals surface area contributed by atoms with Gasteiger partial charge in [-0.1, -0.05) is 38.2 Å². The third-order valence-corrected chi connectivity index (χ3v) is 5.04. The van der Waals surface area contributed by atoms with Crippen molar-refractivity contribution in [2.24, 2.45) is 11.8 Å². The molecule has 24 heavy (non-hydrogen) atoms. The first kappa shape index (κ1) is 17.1. The first-order chi connectivity index (χ1) is 11.7. The van der Waals surface area contributed by atoms with E-state index in [0.717, 1.165) is 17.7 Å². The molecule has 5 heteroatoms. The van der Waals surface area contributed by atoms with Crippen molar-refractivity contribution in [1.82, 2.24) is 5.32 Å². The highest BCUT2D eigenvalue weighted by molar-refractivity contribution is 5.78. The predicted octanol–water partition coefficient (Wildman–Crippen LogP) is 2.65. The number of amides is 1. The fourth-order valence-electron chi connectivity index (χ4n) is 3.67. The van der Waals surface area contributed by atoms with Crippen molar-refractivity contribution in [3.05, 3.63) is 23.8 Å². The number of carbonyl (C=O) groups is 1. The number of rotatable bonds is 7. The molecule has 3 rings (SSSR count). The molecule has 0 unspecified atom stereocenters. The highest BCUT2D eigenvalue weighted by atomic mass is 16.7. The number of hydrogen-bond donors (Lipinski definition) is 2. The molecule has 2 aliphatic rings. The third-order valence-electron chi connectivity index (χ3n) is 5.04. The van der Waals surface area contributed by atoms with Crippen molar-refractivity contribution in [3.63, 3.8) is 0 Å². The normalized spacial score (nSPS) is 18.4. The highest BCUT2D eigenvalue weighted by Crippen LogP contribution is 2.32. The lowest BCUT2D eigenvalue weighted by atomic mass is 9.83. The summed E-state index contributed by atoms with van der Waals surface area (Å²) in [6.45, 7) is 0.932. The van der Waals surface area contributed by atoms with Crippen LogP contribution >= 0.6 is 0 Å². The molecular formula is C19H27NO4. The summed E-state index contributed by atoms with van der Waals surface area (Å²) in [6, 6.07) is 5.58. The van der Waals surface area contributed by atoms with Crippen molar-refractivity contribution in [3.8, 4) is 11.5 Å². The number of fused-ring (bicyclic) bond motifs is 1. The average molecular weight is 333 g/mol. The van der Waals surface area contributed by atoms with Crippen LogP contribution in [0.2, 0.25) is 0 Å². The summed E-state index contributed by atoms with van der Waals surface area (Å²) in [5, 5.41) is 12.6. The summed E-state index contributed by atoms with van der Waals surface area (Å²) >= 11 is 0. The maximum absolute atomic E-state index is 12.2. The van der Waals surface area contributed by atoms with Gasteiger partial charge in [-0.05, 0) is 36.0 Å². The quantitative estimate of drug-likeness (QED) is 0.805. The van der Waals surface area contributed by atoms with E-state index in [1.165, 1.54) is 32.1 Å². The van der Waals surface area contributed by atoms with Crippen LogP contribution in [0.1, 0.15) is 44.1 Å². The van der Waals surface area contributed by atoms with E-state index in [9.17, 15) is 9.90 Å². The summed E-state index contributed by atoms with van der Waals surface area (Å²) in [7, 11) is 0. The molecule has 0 spiro atoms. The van der Waals surface area contributed by atoms with Crippen molar-refractivity contribution in [2.75, 3.05) is 19.9 Å². The zero-order chi connectivity index (χ0) is 16.8. The Morgan fingerprint density at radius 3 is 2.79 bits per heavy atom. The van der Waals surface area contributed by atoms with Crippen molar-refractivity contribution >= 4 is 5.91 Å². The van der Waals surface area contributed by atoms with Crippen LogP contribution in [-0.2, 0) is 11.2 Å². The van der Waals surface area contributed by atoms with E-state index in [2.05, 4.69) is 5.32 Å². The van der Waals surface area contributed by atoms with Gasteiger partial charge in [-0.25, -0.2) is 0 Å². The Kier molecular flexibility index (Phi) is 5.96. The molecule has 132 valence electrons. The van der Waals surface area contributed by atoms with E-state index < -0.39 is 0 Å². The second-order valence-electron chi connectivity index (χ2n) is 6.96. The number of carbonyl (C=O) groups excluding carboxylic acids is 1. The van der Waals surface area contributed by atoms with E-state index in [-0.39, 0.29) is 25.2 Å². The molecular weight excluding hydrogens is 306 g/mol. The Labute approximate surface area is 143 Å². The minimum absolute atomic E-state index is 0.0176. The lowest BCUT2D eigenvalue weighted by molar-refractivity contribution is -0.120. The van der Waals surface area contributed by atoms with Crippen LogP contribution in [0.4, 0.5) is 0 Å². The Morgan fingerprint density at radius 2 is 2.00 bits per heavy atom. The SMILES string of the molecule is O=C(Cc1ccc2c(c1)OCO2)NC[C@H](CO)CC1CCCCC1. The van der Waals surface area contributed by atoms with Gasteiger partial charge >= 0.3 is 0 Å². The topological polar surface area (TPSA) is 67.8 Å². The van der Waals surface area contributed by atoms with E-state index >= 15 is 0 Å². The molecule has 1 aliphatic heterocycles. The number of hydrogen-bond acceptors (Lipinski definition) is 4. The molecule has 1 amide bonds. The van der Waals surface area contributed by atoms with Crippen LogP contribution < -0.4 is 14.8 Å². The van der Waals surface area contributed by atoms with E-state index in [1.54, 1.807) is 0 Å². The van der Waals surface area contributed by atoms with Crippen LogP contribution in [0.5, 0.6) is 11.5 Å². The zero-order valence-electron chi connectivity index (χ0n) is 14.1. The van der Waals surface area contributed by atoms with E-state index in [0.29, 0.717) is 24.6 Å². The van der Waals surface area contributed by atoms with Gasteiger partial charge in [0.05, 0.1) is 6.42 Å². The van der Waals surface area contributed by atoms with E-state index in [4.69, 9.17) is 9.47 Å². The minimum Gasteiger partial charge on any atom is -0.454 e. The van der Waals surface area contributed by atoms with Gasteiger partial charge in [0, 0.05) is 13.2 Å². The number of benzene rings is 1. The molecule has 2 N–H and O–H groups in total. The van der Waals surface area contributed by atoms with Crippen LogP contribution in [0.3, 0.4) is 0 Å². The van der Waals surface area contributed by atoms with Gasteiger partial charge in [0.1, 0.15) is 0 Å². The Balaban J connectivity index is 1.43. The molecule has 1 heterocycles. The van der Waals surface area contributed by atoms with E-state index in [1.807, 2.05) is 18.2 Å². The van der Waals surface area contributed by atoms with Crippen LogP contribution in [-0.4, -0.2) is 31.0 Å². The fourth-order valence-corrected chi connectivity index (χ4v) is 3.67. The Morgan fingerprint density at radius 1 is 1.21 bits per heavy atom. The Hall–Kier alpha value is -1.75. The number of nitrogens with one attached hydrogen (secondary N) is 1. The predicted molar refractivity (Wildman–Crippen MR) is 91.0 cm³/mol. The van der Waals surface area contributed by atoms with Gasteiger partial charge in [-0.2, -0.15) is 0 Å². The molecule has 0 radical (unpaired) electrons. The molecule has 0 bridgehead atoms. The molecule has 1 aromatic rings. The third kappa shape index (κ3) is 4.63. The van der Waals surface area contributed by atoms with Gasteiger partial charge in [0.15, 0.2) is 11.5 Å². The first-order valence-electron chi connectivity index (χ1n) is 9.00. The van der Waals surface area contributed by atoms with Gasteiger partial charge < -0.3 is 19.9 Å². The van der Waals surface area contributed by atoms with Crippen LogP contribution in [0, 0.1) is 11.8 Å². The smallest absolute Gasteiger partial charge is 0.231 e. The highest BCUT2D eigenvalue weighted by Gasteiger charge is 2.19. The van der Waals surface area contributed by atoms with Crippen molar-refractivity contribution in [2.45, 2.75) is 44.9 Å². The van der Waals surface area contributed by atoms with Gasteiger partial charge in [-0.15, -0.1) is 0 Å². The summed E-state index contributed by atoms with van der Waals surface area (Å²) in [6.07, 6.45) is 7.81. The molecule has 1 saturated carbocycles. The van der Waals surface area contributed by atoms with Gasteiger partial charge in [0.2, 0.25) is 12.7 Å². The summed E-state index contributed by atoms with van der Waals surface area (Å²) in [5.74, 6) is 2.28. The van der Waals surface area contributed by atoms with Crippen molar-refractivity contribution < 1.29 is 19.4 Å². The summed E-state index contributed by atoms with van der Waals surface area (Å²) < 4.78 is 10.6. The van der Waals surface area contributed by atoms with Crippen LogP contribution in [0.25, 0.3) is 0 Å². The molecule has 1 aromatic carbocycles. The maximum Gasteiger partial charge on any atom is 0.231 e. The number of aliphatic hydroxyl groups excluding tert-OH is 1. The van der Waals surface area contributed by atoms with Gasteiger partial charge in [-0.3, -0.25) is 4.79 Å². The lowest BCUT2D eigenvalue weighted by Crippen LogP contribution is -2.33. The van der Waals surface area contributed by atoms with Gasteiger partial charge in [0.25, 0.3) is 0 Å². The molecule has 1 atom stereocenters. The van der Waals surface area contributed by atoms with Crippen LogP contribution in [0.15, 0.2) is 18.2 Å². The summed E-state index contributed by atoms with van der Waals surface area (Å²) in [4.78, 5) is 12.2. The summed E-state index contributed by atoms with van der Waals surface area (Å²) in [5.41, 5.74) is 0.907. The lowest BCUT2D eigenvalue weighted by Gasteiger charge is -2.25. The zero-order valence-corrected chi connectivity index (χ0v) is 14.1. The molecule has 1 aliphatic carbocycles. The first-order valence-corrected chi connectivity index (χ1v) is 9.00. The fraction of sp³-hybridized carbons (Fsp3) is 0.632. The molecule has 5 nitrogen and oxygen atoms in total. The second-order valence-corrected chi connectivity index (χ2v) is 6.96. The van der Waals surface area contributed by atoms with Crippen molar-refractivity contribution in [1.29, 1.82) is 0 Å². The minimum atomic E-state index is -0.0176. The number of ether oxygens (including phenoxy) is 2. The molecule has 0 saturated heterocycles. The largest absolute Gasteiger partial charge is 0.454 e. The number of aliphatic hydroxyl groups is 1. The Bertz CT molecular complexity index is 554. The molecule has 0 aromatic heterocycles.